The minimum Gasteiger partial charge on any atom is -0.325 e. The van der Waals surface area contributed by atoms with Crippen LogP contribution in [-0.2, 0) is 4.79 Å². The molecular weight excluding hydrogens is 348 g/mol. The number of nitrogens with one attached hydrogen (secondary N) is 1. The third kappa shape index (κ3) is 4.71. The number of aromatic nitrogens is 1. The zero-order chi connectivity index (χ0) is 17.6. The van der Waals surface area contributed by atoms with Crippen molar-refractivity contribution in [3.8, 4) is 11.3 Å². The topological polar surface area (TPSA) is 42.0 Å². The van der Waals surface area contributed by atoms with Crippen LogP contribution < -0.4 is 5.32 Å². The first kappa shape index (κ1) is 17.7. The summed E-state index contributed by atoms with van der Waals surface area (Å²) in [4.78, 5) is 16.9. The summed E-state index contributed by atoms with van der Waals surface area (Å²) in [7, 11) is 0. The summed E-state index contributed by atoms with van der Waals surface area (Å²) in [6.07, 6.45) is 0. The molecule has 0 fully saturated rings. The second-order valence-electron chi connectivity index (χ2n) is 5.94. The predicted molar refractivity (Wildman–Crippen MR) is 107 cm³/mol. The van der Waals surface area contributed by atoms with Crippen LogP contribution in [0, 0.1) is 0 Å². The first-order chi connectivity index (χ1) is 12.1. The second kappa shape index (κ2) is 8.32. The Labute approximate surface area is 156 Å². The van der Waals surface area contributed by atoms with E-state index in [0.29, 0.717) is 11.7 Å². The molecule has 1 amide bonds. The zero-order valence-corrected chi connectivity index (χ0v) is 15.9. The summed E-state index contributed by atoms with van der Waals surface area (Å²) < 4.78 is 0.908. The molecule has 0 unspecified atom stereocenters. The molecule has 5 heteroatoms. The highest BCUT2D eigenvalue weighted by atomic mass is 32.2. The Morgan fingerprint density at radius 2 is 1.84 bits per heavy atom. The lowest BCUT2D eigenvalue weighted by atomic mass is 10.0. The van der Waals surface area contributed by atoms with Gasteiger partial charge in [0.15, 0.2) is 4.34 Å². The van der Waals surface area contributed by atoms with Gasteiger partial charge >= 0.3 is 0 Å². The summed E-state index contributed by atoms with van der Waals surface area (Å²) in [5.41, 5.74) is 4.10. The zero-order valence-electron chi connectivity index (χ0n) is 14.2. The van der Waals surface area contributed by atoms with Crippen molar-refractivity contribution in [2.24, 2.45) is 0 Å². The fourth-order valence-corrected chi connectivity index (χ4v) is 4.13. The Kier molecular flexibility index (Phi) is 5.89. The summed E-state index contributed by atoms with van der Waals surface area (Å²) in [6, 6.07) is 18.0. The van der Waals surface area contributed by atoms with Gasteiger partial charge in [-0.25, -0.2) is 4.98 Å². The molecule has 0 radical (unpaired) electrons. The first-order valence-corrected chi connectivity index (χ1v) is 10.0. The van der Waals surface area contributed by atoms with E-state index in [0.717, 1.165) is 26.8 Å². The highest BCUT2D eigenvalue weighted by Crippen LogP contribution is 2.29. The molecule has 3 rings (SSSR count). The number of benzene rings is 2. The van der Waals surface area contributed by atoms with E-state index in [-0.39, 0.29) is 5.91 Å². The standard InChI is InChI=1S/C20H20N2OS2/c1-14(2)16-10-6-7-11-17(16)21-19(23)13-25-20-22-18(12-24-20)15-8-4-3-5-9-15/h3-12,14H,13H2,1-2H3,(H,21,23). The number of amides is 1. The first-order valence-electron chi connectivity index (χ1n) is 8.16. The van der Waals surface area contributed by atoms with Gasteiger partial charge in [-0.15, -0.1) is 11.3 Å². The number of anilines is 1. The van der Waals surface area contributed by atoms with Crippen LogP contribution in [-0.4, -0.2) is 16.6 Å². The van der Waals surface area contributed by atoms with E-state index in [4.69, 9.17) is 0 Å². The molecule has 0 atom stereocenters. The summed E-state index contributed by atoms with van der Waals surface area (Å²) >= 11 is 3.05. The number of carbonyl (C=O) groups excluding carboxylic acids is 1. The average Bonchev–Trinajstić information content (AvgIpc) is 3.10. The van der Waals surface area contributed by atoms with E-state index in [2.05, 4.69) is 30.2 Å². The quantitative estimate of drug-likeness (QED) is 0.570. The molecule has 1 heterocycles. The van der Waals surface area contributed by atoms with E-state index in [1.165, 1.54) is 11.8 Å². The lowest BCUT2D eigenvalue weighted by molar-refractivity contribution is -0.113. The normalized spacial score (nSPS) is 10.8. The number of hydrogen-bond acceptors (Lipinski definition) is 4. The van der Waals surface area contributed by atoms with Crippen LogP contribution in [0.2, 0.25) is 0 Å². The van der Waals surface area contributed by atoms with Crippen LogP contribution in [0.1, 0.15) is 25.3 Å². The van der Waals surface area contributed by atoms with Gasteiger partial charge in [0.05, 0.1) is 11.4 Å². The molecule has 1 N–H and O–H groups in total. The van der Waals surface area contributed by atoms with Crippen LogP contribution in [0.25, 0.3) is 11.3 Å². The molecule has 1 aromatic heterocycles. The Morgan fingerprint density at radius 3 is 2.60 bits per heavy atom. The Bertz CT molecular complexity index is 844. The van der Waals surface area contributed by atoms with Crippen molar-refractivity contribution >= 4 is 34.7 Å². The number of nitrogens with zero attached hydrogens (tertiary/aromatic N) is 1. The minimum atomic E-state index is -0.00504. The molecule has 0 saturated carbocycles. The van der Waals surface area contributed by atoms with E-state index in [1.807, 2.05) is 53.9 Å². The monoisotopic (exact) mass is 368 g/mol. The van der Waals surface area contributed by atoms with Gasteiger partial charge < -0.3 is 5.32 Å². The van der Waals surface area contributed by atoms with Crippen molar-refractivity contribution in [3.05, 3.63) is 65.5 Å². The van der Waals surface area contributed by atoms with E-state index in [1.54, 1.807) is 11.3 Å². The summed E-state index contributed by atoms with van der Waals surface area (Å²) in [6.45, 7) is 4.25. The molecule has 2 aromatic carbocycles. The molecule has 0 bridgehead atoms. The maximum atomic E-state index is 12.3. The molecule has 0 aliphatic carbocycles. The SMILES string of the molecule is CC(C)c1ccccc1NC(=O)CSc1nc(-c2ccccc2)cs1. The maximum absolute atomic E-state index is 12.3. The lowest BCUT2D eigenvalue weighted by Gasteiger charge is -2.13. The Balaban J connectivity index is 1.59. The number of thioether (sulfide) groups is 1. The van der Waals surface area contributed by atoms with Gasteiger partial charge in [-0.05, 0) is 17.5 Å². The van der Waals surface area contributed by atoms with Gasteiger partial charge in [0, 0.05) is 16.6 Å². The molecule has 25 heavy (non-hydrogen) atoms. The van der Waals surface area contributed by atoms with E-state index < -0.39 is 0 Å². The van der Waals surface area contributed by atoms with Crippen LogP contribution in [0.15, 0.2) is 64.3 Å². The van der Waals surface area contributed by atoms with Crippen molar-refractivity contribution in [2.75, 3.05) is 11.1 Å². The molecule has 0 saturated heterocycles. The molecule has 0 spiro atoms. The van der Waals surface area contributed by atoms with Crippen LogP contribution in [0.3, 0.4) is 0 Å². The van der Waals surface area contributed by atoms with Crippen molar-refractivity contribution in [3.63, 3.8) is 0 Å². The maximum Gasteiger partial charge on any atom is 0.234 e. The van der Waals surface area contributed by atoms with Crippen LogP contribution >= 0.6 is 23.1 Å². The average molecular weight is 369 g/mol. The highest BCUT2D eigenvalue weighted by Gasteiger charge is 2.11. The molecule has 128 valence electrons. The van der Waals surface area contributed by atoms with Gasteiger partial charge in [0.1, 0.15) is 0 Å². The van der Waals surface area contributed by atoms with Crippen molar-refractivity contribution in [2.45, 2.75) is 24.1 Å². The number of rotatable bonds is 6. The summed E-state index contributed by atoms with van der Waals surface area (Å²) in [5, 5.41) is 5.05. The molecule has 3 aromatic rings. The molecular formula is C20H20N2OS2. The fourth-order valence-electron chi connectivity index (χ4n) is 2.49. The van der Waals surface area contributed by atoms with Crippen molar-refractivity contribution in [1.29, 1.82) is 0 Å². The molecule has 3 nitrogen and oxygen atoms in total. The number of para-hydroxylation sites is 1. The van der Waals surface area contributed by atoms with Gasteiger partial charge in [-0.2, -0.15) is 0 Å². The molecule has 0 aliphatic rings. The van der Waals surface area contributed by atoms with Gasteiger partial charge in [-0.1, -0.05) is 74.1 Å². The third-order valence-corrected chi connectivity index (χ3v) is 5.76. The van der Waals surface area contributed by atoms with Crippen LogP contribution in [0.5, 0.6) is 0 Å². The second-order valence-corrected chi connectivity index (χ2v) is 8.02. The van der Waals surface area contributed by atoms with Gasteiger partial charge in [0.2, 0.25) is 5.91 Å². The van der Waals surface area contributed by atoms with Crippen LogP contribution in [0.4, 0.5) is 5.69 Å². The predicted octanol–water partition coefficient (Wildman–Crippen LogP) is 5.66. The van der Waals surface area contributed by atoms with Gasteiger partial charge in [0.25, 0.3) is 0 Å². The van der Waals surface area contributed by atoms with Crippen molar-refractivity contribution < 1.29 is 4.79 Å². The molecule has 0 aliphatic heterocycles. The lowest BCUT2D eigenvalue weighted by Crippen LogP contribution is -2.15. The number of thiazole rings is 1. The summed E-state index contributed by atoms with van der Waals surface area (Å²) in [5.74, 6) is 0.722. The van der Waals surface area contributed by atoms with E-state index in [9.17, 15) is 4.79 Å². The Morgan fingerprint density at radius 1 is 1.12 bits per heavy atom. The largest absolute Gasteiger partial charge is 0.325 e. The number of hydrogen-bond donors (Lipinski definition) is 1. The smallest absolute Gasteiger partial charge is 0.234 e. The van der Waals surface area contributed by atoms with E-state index >= 15 is 0 Å². The third-order valence-electron chi connectivity index (χ3n) is 3.74. The minimum absolute atomic E-state index is 0.00504. The van der Waals surface area contributed by atoms with Crippen molar-refractivity contribution in [1.82, 2.24) is 4.98 Å². The number of carbonyl (C=O) groups is 1. The van der Waals surface area contributed by atoms with Gasteiger partial charge in [-0.3, -0.25) is 4.79 Å². The fraction of sp³-hybridized carbons (Fsp3) is 0.200. The highest BCUT2D eigenvalue weighted by molar-refractivity contribution is 8.01. The Hall–Kier alpha value is -2.11.